The molecular formula is C8H8ClNO2S. The second-order valence-corrected chi connectivity index (χ2v) is 3.75. The van der Waals surface area contributed by atoms with E-state index in [9.17, 15) is 9.59 Å². The lowest BCUT2D eigenvalue weighted by Gasteiger charge is -1.94. The number of halogens is 1. The number of alkyl halides is 1. The molecule has 1 amide bonds. The van der Waals surface area contributed by atoms with Crippen molar-refractivity contribution in [1.29, 1.82) is 0 Å². The maximum absolute atomic E-state index is 11.1. The molecule has 0 atom stereocenters. The molecule has 0 aromatic carbocycles. The van der Waals surface area contributed by atoms with Gasteiger partial charge in [0.05, 0.1) is 15.8 Å². The lowest BCUT2D eigenvalue weighted by Crippen LogP contribution is -2.03. The zero-order chi connectivity index (χ0) is 9.84. The fourth-order valence-electron chi connectivity index (χ4n) is 0.794. The summed E-state index contributed by atoms with van der Waals surface area (Å²) >= 11 is 6.60. The molecule has 5 heteroatoms. The van der Waals surface area contributed by atoms with Gasteiger partial charge in [0.25, 0.3) is 0 Å². The number of hydrogen-bond donors (Lipinski definition) is 1. The van der Waals surface area contributed by atoms with Gasteiger partial charge in [-0.25, -0.2) is 0 Å². The largest absolute Gasteiger partial charge is 0.318 e. The zero-order valence-electron chi connectivity index (χ0n) is 6.96. The average molecular weight is 218 g/mol. The number of hydrogen-bond acceptors (Lipinski definition) is 3. The number of thiophene rings is 1. The van der Waals surface area contributed by atoms with Gasteiger partial charge in [0, 0.05) is 6.92 Å². The van der Waals surface area contributed by atoms with Gasteiger partial charge in [0.2, 0.25) is 5.91 Å². The highest BCUT2D eigenvalue weighted by molar-refractivity contribution is 7.18. The van der Waals surface area contributed by atoms with Crippen LogP contribution >= 0.6 is 22.9 Å². The molecule has 0 spiro atoms. The van der Waals surface area contributed by atoms with Gasteiger partial charge in [0.1, 0.15) is 0 Å². The van der Waals surface area contributed by atoms with Crippen LogP contribution in [-0.4, -0.2) is 17.6 Å². The van der Waals surface area contributed by atoms with Crippen LogP contribution in [0, 0.1) is 0 Å². The predicted octanol–water partition coefficient (Wildman–Crippen LogP) is 2.13. The Morgan fingerprint density at radius 3 is 2.77 bits per heavy atom. The van der Waals surface area contributed by atoms with Crippen molar-refractivity contribution in [3.05, 3.63) is 17.0 Å². The van der Waals surface area contributed by atoms with Gasteiger partial charge in [-0.3, -0.25) is 9.59 Å². The van der Waals surface area contributed by atoms with Crippen molar-refractivity contribution in [2.75, 3.05) is 11.2 Å². The average Bonchev–Trinajstić information content (AvgIpc) is 2.50. The number of carbonyl (C=O) groups excluding carboxylic acids is 2. The molecule has 0 radical (unpaired) electrons. The molecule has 1 N–H and O–H groups in total. The van der Waals surface area contributed by atoms with E-state index < -0.39 is 0 Å². The molecule has 0 aliphatic carbocycles. The summed E-state index contributed by atoms with van der Waals surface area (Å²) in [5, 5.41) is 3.26. The van der Waals surface area contributed by atoms with Crippen molar-refractivity contribution in [1.82, 2.24) is 0 Å². The van der Waals surface area contributed by atoms with E-state index in [4.69, 9.17) is 11.6 Å². The molecule has 0 aliphatic heterocycles. The Kier molecular flexibility index (Phi) is 3.45. The van der Waals surface area contributed by atoms with E-state index in [1.54, 1.807) is 12.1 Å². The van der Waals surface area contributed by atoms with Gasteiger partial charge in [-0.1, -0.05) is 0 Å². The van der Waals surface area contributed by atoms with E-state index in [1.165, 1.54) is 18.3 Å². The summed E-state index contributed by atoms with van der Waals surface area (Å²) in [6, 6.07) is 3.34. The smallest absolute Gasteiger partial charge is 0.221 e. The summed E-state index contributed by atoms with van der Waals surface area (Å²) < 4.78 is 0. The third kappa shape index (κ3) is 2.82. The Labute approximate surface area is 84.7 Å². The summed E-state index contributed by atoms with van der Waals surface area (Å²) in [6.07, 6.45) is 0. The minimum absolute atomic E-state index is 0.0278. The second-order valence-electron chi connectivity index (χ2n) is 2.40. The lowest BCUT2D eigenvalue weighted by molar-refractivity contribution is -0.114. The monoisotopic (exact) mass is 217 g/mol. The molecule has 1 aromatic heterocycles. The summed E-state index contributed by atoms with van der Waals surface area (Å²) in [4.78, 5) is 22.3. The summed E-state index contributed by atoms with van der Waals surface area (Å²) in [5.74, 6) is -0.296. The van der Waals surface area contributed by atoms with Crippen LogP contribution in [0.2, 0.25) is 0 Å². The lowest BCUT2D eigenvalue weighted by atomic mass is 10.3. The minimum Gasteiger partial charge on any atom is -0.318 e. The fourth-order valence-corrected chi connectivity index (χ4v) is 1.91. The molecule has 70 valence electrons. The van der Waals surface area contributed by atoms with Crippen molar-refractivity contribution in [3.8, 4) is 0 Å². The van der Waals surface area contributed by atoms with Gasteiger partial charge in [-0.15, -0.1) is 22.9 Å². The van der Waals surface area contributed by atoms with Crippen LogP contribution in [0.4, 0.5) is 5.00 Å². The Morgan fingerprint density at radius 2 is 2.23 bits per heavy atom. The first-order valence-electron chi connectivity index (χ1n) is 3.60. The van der Waals surface area contributed by atoms with Crippen LogP contribution in [0.5, 0.6) is 0 Å². The molecule has 1 aromatic rings. The zero-order valence-corrected chi connectivity index (χ0v) is 8.54. The molecule has 0 saturated carbocycles. The van der Waals surface area contributed by atoms with Crippen molar-refractivity contribution in [2.45, 2.75) is 6.92 Å². The summed E-state index contributed by atoms with van der Waals surface area (Å²) in [6.45, 7) is 1.42. The third-order valence-electron chi connectivity index (χ3n) is 1.30. The number of carbonyl (C=O) groups is 2. The Hall–Kier alpha value is -0.870. The van der Waals surface area contributed by atoms with Crippen molar-refractivity contribution in [2.24, 2.45) is 0 Å². The van der Waals surface area contributed by atoms with Gasteiger partial charge < -0.3 is 5.32 Å². The van der Waals surface area contributed by atoms with E-state index in [0.717, 1.165) is 0 Å². The van der Waals surface area contributed by atoms with E-state index >= 15 is 0 Å². The number of rotatable bonds is 3. The molecule has 0 bridgehead atoms. The SMILES string of the molecule is CC(=O)Nc1ccc(C(=O)CCl)s1. The Balaban J connectivity index is 2.74. The number of ketones is 1. The normalized spacial score (nSPS) is 9.69. The van der Waals surface area contributed by atoms with Crippen LogP contribution in [0.15, 0.2) is 12.1 Å². The second kappa shape index (κ2) is 4.39. The van der Waals surface area contributed by atoms with E-state index in [-0.39, 0.29) is 17.6 Å². The number of Topliss-reactive ketones (excluding diaryl/α,β-unsaturated/α-hetero) is 1. The Bertz CT molecular complexity index is 335. The number of anilines is 1. The summed E-state index contributed by atoms with van der Waals surface area (Å²) in [5.41, 5.74) is 0. The van der Waals surface area contributed by atoms with Crippen molar-refractivity contribution >= 4 is 39.6 Å². The first-order chi connectivity index (χ1) is 6.13. The standard InChI is InChI=1S/C8H8ClNO2S/c1-5(11)10-8-3-2-7(13-8)6(12)4-9/h2-3H,4H2,1H3,(H,10,11). The highest BCUT2D eigenvalue weighted by atomic mass is 35.5. The van der Waals surface area contributed by atoms with Crippen LogP contribution in [0.1, 0.15) is 16.6 Å². The molecule has 1 heterocycles. The van der Waals surface area contributed by atoms with E-state index in [2.05, 4.69) is 5.32 Å². The molecule has 0 fully saturated rings. The Morgan fingerprint density at radius 1 is 1.54 bits per heavy atom. The van der Waals surface area contributed by atoms with Crippen LogP contribution in [0.25, 0.3) is 0 Å². The number of nitrogens with one attached hydrogen (secondary N) is 1. The maximum atomic E-state index is 11.1. The van der Waals surface area contributed by atoms with Gasteiger partial charge >= 0.3 is 0 Å². The van der Waals surface area contributed by atoms with Crippen LogP contribution in [0.3, 0.4) is 0 Å². The van der Waals surface area contributed by atoms with E-state index in [1.807, 2.05) is 0 Å². The van der Waals surface area contributed by atoms with Gasteiger partial charge in [-0.05, 0) is 12.1 Å². The molecule has 13 heavy (non-hydrogen) atoms. The predicted molar refractivity (Wildman–Crippen MR) is 53.7 cm³/mol. The quantitative estimate of drug-likeness (QED) is 0.623. The minimum atomic E-state index is -0.147. The van der Waals surface area contributed by atoms with Crippen molar-refractivity contribution < 1.29 is 9.59 Å². The van der Waals surface area contributed by atoms with Gasteiger partial charge in [0.15, 0.2) is 5.78 Å². The molecule has 0 unspecified atom stereocenters. The molecular weight excluding hydrogens is 210 g/mol. The van der Waals surface area contributed by atoms with Gasteiger partial charge in [-0.2, -0.15) is 0 Å². The topological polar surface area (TPSA) is 46.2 Å². The van der Waals surface area contributed by atoms with E-state index in [0.29, 0.717) is 9.88 Å². The maximum Gasteiger partial charge on any atom is 0.221 e. The molecule has 1 rings (SSSR count). The molecule has 0 saturated heterocycles. The number of amides is 1. The summed E-state index contributed by atoms with van der Waals surface area (Å²) in [7, 11) is 0. The fraction of sp³-hybridized carbons (Fsp3) is 0.250. The first kappa shape index (κ1) is 10.2. The van der Waals surface area contributed by atoms with Crippen molar-refractivity contribution in [3.63, 3.8) is 0 Å². The molecule has 0 aliphatic rings. The molecule has 3 nitrogen and oxygen atoms in total. The van der Waals surface area contributed by atoms with Crippen LogP contribution in [-0.2, 0) is 4.79 Å². The highest BCUT2D eigenvalue weighted by Crippen LogP contribution is 2.22. The highest BCUT2D eigenvalue weighted by Gasteiger charge is 2.07. The third-order valence-corrected chi connectivity index (χ3v) is 2.59. The van der Waals surface area contributed by atoms with Crippen LogP contribution < -0.4 is 5.32 Å². The first-order valence-corrected chi connectivity index (χ1v) is 4.95.